The normalized spacial score (nSPS) is 17.3. The van der Waals surface area contributed by atoms with Crippen LogP contribution in [0.15, 0.2) is 48.9 Å². The fraction of sp³-hybridized carbons (Fsp3) is 0.581. The molecule has 3 unspecified atom stereocenters. The van der Waals surface area contributed by atoms with Crippen molar-refractivity contribution >= 4 is 41.9 Å². The summed E-state index contributed by atoms with van der Waals surface area (Å²) in [4.78, 5) is 67.3. The van der Waals surface area contributed by atoms with Gasteiger partial charge in [0.1, 0.15) is 18.3 Å². The van der Waals surface area contributed by atoms with Gasteiger partial charge < -0.3 is 29.6 Å². The van der Waals surface area contributed by atoms with E-state index in [1.54, 1.807) is 0 Å². The maximum Gasteiger partial charge on any atom is 0.537 e. The molecule has 1 fully saturated rings. The average Bonchev–Trinajstić information content (AvgIpc) is 3.08. The highest BCUT2D eigenvalue weighted by Crippen LogP contribution is 2.31. The molecule has 1 aromatic carbocycles. The molecule has 0 aliphatic carbocycles. The van der Waals surface area contributed by atoms with Crippen molar-refractivity contribution in [3.63, 3.8) is 0 Å². The number of hydrogen-bond acceptors (Lipinski definition) is 11. The van der Waals surface area contributed by atoms with E-state index < -0.39 is 53.5 Å². The van der Waals surface area contributed by atoms with E-state index in [0.717, 1.165) is 44.3 Å². The first kappa shape index (κ1) is 40.3. The molecule has 1 aliphatic rings. The largest absolute Gasteiger partial charge is 0.537 e. The van der Waals surface area contributed by atoms with Crippen LogP contribution in [-0.4, -0.2) is 107 Å². The molecule has 49 heavy (non-hydrogen) atoms. The van der Waals surface area contributed by atoms with Gasteiger partial charge in [0.15, 0.2) is 0 Å². The first-order valence-corrected chi connectivity index (χ1v) is 18.8. The third kappa shape index (κ3) is 15.6. The fourth-order valence-corrected chi connectivity index (χ4v) is 5.98. The summed E-state index contributed by atoms with van der Waals surface area (Å²) in [7, 11) is -4.35. The minimum atomic E-state index is -2.75. The van der Waals surface area contributed by atoms with E-state index >= 15 is 0 Å². The molecule has 3 amide bonds. The molecule has 0 saturated carbocycles. The number of benzene rings is 1. The van der Waals surface area contributed by atoms with E-state index in [1.165, 1.54) is 18.6 Å². The van der Waals surface area contributed by atoms with Crippen molar-refractivity contribution in [2.24, 2.45) is 5.92 Å². The van der Waals surface area contributed by atoms with Crippen LogP contribution in [0.1, 0.15) is 62.0 Å². The topological polar surface area (TPSA) is 202 Å². The number of alkyl carbamates (subject to hydrolysis) is 1. The quantitative estimate of drug-likeness (QED) is 0.133. The Morgan fingerprint density at radius 3 is 2.33 bits per heavy atom. The number of carbonyl (C=O) groups is 3. The highest BCUT2D eigenvalue weighted by atomic mass is 31.2. The van der Waals surface area contributed by atoms with Crippen LogP contribution in [0.3, 0.4) is 0 Å². The Kier molecular flexibility index (Phi) is 18.6. The number of aromatic nitrogens is 2. The van der Waals surface area contributed by atoms with E-state index in [0.29, 0.717) is 26.2 Å². The maximum absolute atomic E-state index is 13.8. The zero-order chi connectivity index (χ0) is 35.4. The van der Waals surface area contributed by atoms with Gasteiger partial charge in [-0.15, -0.1) is 0 Å². The molecule has 2 aromatic rings. The van der Waals surface area contributed by atoms with E-state index in [2.05, 4.69) is 44.7 Å². The van der Waals surface area contributed by atoms with E-state index in [1.807, 2.05) is 30.3 Å². The summed E-state index contributed by atoms with van der Waals surface area (Å²) in [6.07, 6.45) is 7.36. The van der Waals surface area contributed by atoms with Crippen molar-refractivity contribution < 1.29 is 42.8 Å². The van der Waals surface area contributed by atoms with Crippen molar-refractivity contribution in [1.29, 1.82) is 0 Å². The molecule has 0 bridgehead atoms. The number of nitrogens with zero attached hydrogens (tertiary/aromatic N) is 3. The lowest BCUT2D eigenvalue weighted by Crippen LogP contribution is -2.56. The Bertz CT molecular complexity index is 1290. The Morgan fingerprint density at radius 2 is 1.73 bits per heavy atom. The molecular formula is C31H48BN6O9P2+. The second-order valence-corrected chi connectivity index (χ2v) is 14.5. The Morgan fingerprint density at radius 1 is 1.04 bits per heavy atom. The van der Waals surface area contributed by atoms with E-state index in [4.69, 9.17) is 23.8 Å². The van der Waals surface area contributed by atoms with Gasteiger partial charge in [-0.3, -0.25) is 24.8 Å². The first-order valence-electron chi connectivity index (χ1n) is 16.5. The SMILES string of the molecule is CC(C)C[C@@H](NC(=O)[C@@H](Cc1ccccc1)NC(=O)c1cnccn1)B1OCCCCN(CCOC(=O)NC(PO)[P+](=O)O)CCCCO1. The van der Waals surface area contributed by atoms with Crippen LogP contribution in [0.2, 0.25) is 0 Å². The summed E-state index contributed by atoms with van der Waals surface area (Å²) in [5.41, 5.74) is -0.239. The van der Waals surface area contributed by atoms with Gasteiger partial charge in [-0.1, -0.05) is 44.2 Å². The predicted molar refractivity (Wildman–Crippen MR) is 186 cm³/mol. The van der Waals surface area contributed by atoms with Gasteiger partial charge in [-0.05, 0) is 61.2 Å². The standard InChI is InChI=1S/C31H47BN6O9P2/c1-23(2)20-27(36-28(39)25(21-24-10-4-3-5-11-24)35-29(40)26-22-33-12-13-34-26)32-46-17-8-6-14-38(15-7-9-18-47-32)16-19-45-30(41)37-31(48-42)49(43)44/h3-5,10-13,22-23,25,27,31,42,48H,6-9,14-21H2,1-2H3,(H3-,35,36,37,39,40,41,43,44)/p+1/t25-,27-,31?/m1/s1. The first-order chi connectivity index (χ1) is 23.7. The number of nitrogens with one attached hydrogen (secondary N) is 3. The Hall–Kier alpha value is -3.10. The molecule has 3 rings (SSSR count). The molecule has 15 nitrogen and oxygen atoms in total. The molecule has 1 aromatic heterocycles. The number of amides is 3. The van der Waals surface area contributed by atoms with Crippen LogP contribution >= 0.6 is 16.8 Å². The molecule has 268 valence electrons. The van der Waals surface area contributed by atoms with Crippen molar-refractivity contribution in [1.82, 2.24) is 30.8 Å². The number of hydrogen-bond donors (Lipinski definition) is 5. The highest BCUT2D eigenvalue weighted by molar-refractivity contribution is 7.54. The summed E-state index contributed by atoms with van der Waals surface area (Å²) in [6, 6.07) is 8.59. The van der Waals surface area contributed by atoms with Crippen molar-refractivity contribution in [3.8, 4) is 0 Å². The van der Waals surface area contributed by atoms with Gasteiger partial charge in [-0.2, -0.15) is 4.89 Å². The molecule has 2 heterocycles. The van der Waals surface area contributed by atoms with Gasteiger partial charge in [-0.25, -0.2) is 9.78 Å². The number of carbonyl (C=O) groups excluding carboxylic acids is 3. The second-order valence-electron chi connectivity index (χ2n) is 12.0. The molecular weight excluding hydrogens is 673 g/mol. The molecule has 1 aliphatic heterocycles. The van der Waals surface area contributed by atoms with Gasteiger partial charge in [0.2, 0.25) is 5.91 Å². The molecule has 5 N–H and O–H groups in total. The second kappa shape index (κ2) is 22.6. The molecule has 1 saturated heterocycles. The Labute approximate surface area is 290 Å². The summed E-state index contributed by atoms with van der Waals surface area (Å²) < 4.78 is 28.8. The van der Waals surface area contributed by atoms with Gasteiger partial charge in [0, 0.05) is 38.6 Å². The maximum atomic E-state index is 13.8. The predicted octanol–water partition coefficient (Wildman–Crippen LogP) is 2.62. The lowest BCUT2D eigenvalue weighted by atomic mass is 9.73. The summed E-state index contributed by atoms with van der Waals surface area (Å²) >= 11 is 0. The van der Waals surface area contributed by atoms with E-state index in [9.17, 15) is 18.9 Å². The van der Waals surface area contributed by atoms with Gasteiger partial charge in [0.05, 0.1) is 20.9 Å². The summed E-state index contributed by atoms with van der Waals surface area (Å²) in [6.45, 7) is 7.01. The minimum absolute atomic E-state index is 0.0887. The molecule has 0 radical (unpaired) electrons. The lowest BCUT2D eigenvalue weighted by molar-refractivity contribution is -0.123. The van der Waals surface area contributed by atoms with Crippen LogP contribution < -0.4 is 16.0 Å². The number of ether oxygens (including phenoxy) is 1. The van der Waals surface area contributed by atoms with Gasteiger partial charge >= 0.3 is 26.8 Å². The molecule has 18 heteroatoms. The van der Waals surface area contributed by atoms with Crippen LogP contribution in [0.4, 0.5) is 4.79 Å². The summed E-state index contributed by atoms with van der Waals surface area (Å²) in [5.74, 6) is -1.09. The number of rotatable bonds is 15. The molecule has 5 atom stereocenters. The van der Waals surface area contributed by atoms with E-state index in [-0.39, 0.29) is 30.5 Å². The van der Waals surface area contributed by atoms with Crippen LogP contribution in [0, 0.1) is 5.92 Å². The monoisotopic (exact) mass is 721 g/mol. The van der Waals surface area contributed by atoms with Crippen molar-refractivity contribution in [2.75, 3.05) is 39.5 Å². The third-order valence-corrected chi connectivity index (χ3v) is 9.59. The smallest absolute Gasteiger partial charge is 0.448 e. The Balaban J connectivity index is 1.58. The lowest BCUT2D eigenvalue weighted by Gasteiger charge is -2.29. The fourth-order valence-electron chi connectivity index (χ4n) is 5.18. The zero-order valence-corrected chi connectivity index (χ0v) is 29.9. The van der Waals surface area contributed by atoms with Crippen LogP contribution in [-0.2, 0) is 29.8 Å². The van der Waals surface area contributed by atoms with Gasteiger partial charge in [0.25, 0.3) is 5.91 Å². The summed E-state index contributed by atoms with van der Waals surface area (Å²) in [5, 5.41) is 8.16. The zero-order valence-electron chi connectivity index (χ0n) is 28.0. The third-order valence-electron chi connectivity index (χ3n) is 7.62. The molecule has 0 spiro atoms. The van der Waals surface area contributed by atoms with Crippen molar-refractivity contribution in [2.45, 2.75) is 69.9 Å². The average molecular weight is 722 g/mol. The van der Waals surface area contributed by atoms with Crippen molar-refractivity contribution in [3.05, 3.63) is 60.2 Å². The minimum Gasteiger partial charge on any atom is -0.448 e. The van der Waals surface area contributed by atoms with Crippen LogP contribution in [0.25, 0.3) is 0 Å². The highest BCUT2D eigenvalue weighted by Gasteiger charge is 2.35. The van der Waals surface area contributed by atoms with Crippen LogP contribution in [0.5, 0.6) is 0 Å².